The predicted molar refractivity (Wildman–Crippen MR) is 82.8 cm³/mol. The van der Waals surface area contributed by atoms with Crippen molar-refractivity contribution >= 4 is 28.6 Å². The van der Waals surface area contributed by atoms with E-state index in [0.29, 0.717) is 11.5 Å². The van der Waals surface area contributed by atoms with Gasteiger partial charge in [-0.3, -0.25) is 0 Å². The van der Waals surface area contributed by atoms with Crippen molar-refractivity contribution in [3.8, 4) is 0 Å². The van der Waals surface area contributed by atoms with Crippen molar-refractivity contribution in [3.63, 3.8) is 0 Å². The topological polar surface area (TPSA) is 123 Å². The molecular weight excluding hydrogens is 318 g/mol. The Morgan fingerprint density at radius 3 is 2.43 bits per heavy atom. The van der Waals surface area contributed by atoms with Crippen molar-refractivity contribution in [1.29, 1.82) is 0 Å². The Bertz CT molecular complexity index is 331. The summed E-state index contributed by atoms with van der Waals surface area (Å²) in [5, 5.41) is 51.0. The van der Waals surface area contributed by atoms with Crippen LogP contribution in [0.1, 0.15) is 19.3 Å². The number of unbranched alkanes of at least 4 members (excludes halogenated alkanes) is 1. The van der Waals surface area contributed by atoms with Gasteiger partial charge in [-0.05, 0) is 31.3 Å². The minimum atomic E-state index is -1.41. The molecule has 1 rings (SSSR count). The van der Waals surface area contributed by atoms with Gasteiger partial charge in [-0.15, -0.1) is 0 Å². The molecule has 124 valence electrons. The zero-order chi connectivity index (χ0) is 15.8. The molecule has 1 saturated heterocycles. The molecule has 5 N–H and O–H groups in total. The molecule has 5 unspecified atom stereocenters. The van der Waals surface area contributed by atoms with Crippen LogP contribution in [0.2, 0.25) is 0 Å². The molecule has 21 heavy (non-hydrogen) atoms. The number of ether oxygens (including phenoxy) is 1. The van der Waals surface area contributed by atoms with Gasteiger partial charge in [0.15, 0.2) is 0 Å². The van der Waals surface area contributed by atoms with Gasteiger partial charge in [0, 0.05) is 0 Å². The number of thioether (sulfide) groups is 2. The number of aliphatic hydroxyl groups excluding tert-OH is 4. The Kier molecular flexibility index (Phi) is 8.95. The van der Waals surface area contributed by atoms with E-state index in [2.05, 4.69) is 5.16 Å². The van der Waals surface area contributed by atoms with Crippen molar-refractivity contribution in [3.05, 3.63) is 0 Å². The van der Waals surface area contributed by atoms with Crippen molar-refractivity contribution in [2.24, 2.45) is 5.16 Å². The number of aliphatic hydroxyl groups is 4. The van der Waals surface area contributed by atoms with Gasteiger partial charge in [0.05, 0.1) is 6.61 Å². The van der Waals surface area contributed by atoms with E-state index in [4.69, 9.17) is 15.1 Å². The van der Waals surface area contributed by atoms with Gasteiger partial charge < -0.3 is 30.4 Å². The molecule has 0 radical (unpaired) electrons. The summed E-state index contributed by atoms with van der Waals surface area (Å²) in [4.78, 5) is 0. The van der Waals surface area contributed by atoms with Crippen LogP contribution in [0.25, 0.3) is 0 Å². The highest BCUT2D eigenvalue weighted by Crippen LogP contribution is 2.30. The molecule has 0 amide bonds. The van der Waals surface area contributed by atoms with Crippen molar-refractivity contribution in [2.75, 3.05) is 18.6 Å². The fourth-order valence-electron chi connectivity index (χ4n) is 1.95. The Balaban J connectivity index is 2.54. The highest BCUT2D eigenvalue weighted by Gasteiger charge is 2.44. The zero-order valence-corrected chi connectivity index (χ0v) is 13.5. The molecule has 0 saturated carbocycles. The SMILES string of the molecule is CSCCCC/C(=N\O)SC1OC(CO)C(O)C(O)C1O. The lowest BCUT2D eigenvalue weighted by atomic mass is 10.0. The Morgan fingerprint density at radius 2 is 1.86 bits per heavy atom. The first-order chi connectivity index (χ1) is 10.0. The molecule has 0 aliphatic carbocycles. The second-order valence-corrected chi connectivity index (χ2v) is 6.92. The molecule has 0 bridgehead atoms. The van der Waals surface area contributed by atoms with Crippen LogP contribution >= 0.6 is 23.5 Å². The van der Waals surface area contributed by atoms with Crippen LogP contribution in [0.4, 0.5) is 0 Å². The molecule has 0 aromatic heterocycles. The molecule has 1 aliphatic heterocycles. The monoisotopic (exact) mass is 341 g/mol. The largest absolute Gasteiger partial charge is 0.410 e. The normalized spacial score (nSPS) is 34.1. The van der Waals surface area contributed by atoms with E-state index in [9.17, 15) is 15.3 Å². The van der Waals surface area contributed by atoms with Gasteiger partial charge in [0.1, 0.15) is 34.9 Å². The summed E-state index contributed by atoms with van der Waals surface area (Å²) in [5.41, 5.74) is -0.896. The van der Waals surface area contributed by atoms with E-state index in [1.165, 1.54) is 0 Å². The van der Waals surface area contributed by atoms with Crippen molar-refractivity contribution < 1.29 is 30.4 Å². The number of nitrogens with zero attached hydrogens (tertiary/aromatic N) is 1. The fraction of sp³-hybridized carbons (Fsp3) is 0.917. The van der Waals surface area contributed by atoms with Gasteiger partial charge in [-0.2, -0.15) is 11.8 Å². The smallest absolute Gasteiger partial charge is 0.138 e. The zero-order valence-electron chi connectivity index (χ0n) is 11.8. The maximum absolute atomic E-state index is 9.90. The number of oxime groups is 1. The van der Waals surface area contributed by atoms with Gasteiger partial charge in [0.2, 0.25) is 0 Å². The average Bonchev–Trinajstić information content (AvgIpc) is 2.50. The Labute approximate surface area is 132 Å². The first-order valence-corrected chi connectivity index (χ1v) is 8.99. The summed E-state index contributed by atoms with van der Waals surface area (Å²) in [6.07, 6.45) is -0.684. The second-order valence-electron chi connectivity index (χ2n) is 4.76. The summed E-state index contributed by atoms with van der Waals surface area (Å²) in [6.45, 7) is -0.471. The lowest BCUT2D eigenvalue weighted by Crippen LogP contribution is -2.57. The van der Waals surface area contributed by atoms with Crippen LogP contribution in [0.15, 0.2) is 5.16 Å². The standard InChI is InChI=1S/C12H23NO6S2/c1-20-5-3-2-4-8(13-18)21-12-11(17)10(16)9(15)7(6-14)19-12/h7,9-12,14-18H,2-6H2,1H3/b13-8+. The van der Waals surface area contributed by atoms with Crippen LogP contribution in [-0.2, 0) is 4.74 Å². The Morgan fingerprint density at radius 1 is 1.14 bits per heavy atom. The van der Waals surface area contributed by atoms with Crippen LogP contribution in [-0.4, -0.2) is 79.1 Å². The minimum absolute atomic E-state index is 0.389. The first-order valence-electron chi connectivity index (χ1n) is 6.72. The molecule has 1 heterocycles. The molecular formula is C12H23NO6S2. The van der Waals surface area contributed by atoms with Crippen molar-refractivity contribution in [2.45, 2.75) is 49.1 Å². The molecule has 5 atom stereocenters. The third-order valence-corrected chi connectivity index (χ3v) is 5.08. The van der Waals surface area contributed by atoms with Crippen LogP contribution in [0.3, 0.4) is 0 Å². The van der Waals surface area contributed by atoms with Gasteiger partial charge in [0.25, 0.3) is 0 Å². The summed E-state index contributed by atoms with van der Waals surface area (Å²) in [7, 11) is 0. The quantitative estimate of drug-likeness (QED) is 0.142. The van der Waals surface area contributed by atoms with Crippen LogP contribution < -0.4 is 0 Å². The van der Waals surface area contributed by atoms with Crippen LogP contribution in [0.5, 0.6) is 0 Å². The number of hydrogen-bond acceptors (Lipinski definition) is 9. The number of hydrogen-bond donors (Lipinski definition) is 5. The van der Waals surface area contributed by atoms with E-state index in [0.717, 1.165) is 30.4 Å². The predicted octanol–water partition coefficient (Wildman–Crippen LogP) is -0.160. The average molecular weight is 341 g/mol. The molecule has 1 fully saturated rings. The van der Waals surface area contributed by atoms with E-state index < -0.39 is 36.5 Å². The molecule has 0 aromatic carbocycles. The number of rotatable bonds is 7. The highest BCUT2D eigenvalue weighted by atomic mass is 32.2. The summed E-state index contributed by atoms with van der Waals surface area (Å²) < 4.78 is 5.35. The lowest BCUT2D eigenvalue weighted by Gasteiger charge is -2.39. The molecule has 9 heteroatoms. The van der Waals surface area contributed by atoms with Crippen molar-refractivity contribution in [1.82, 2.24) is 0 Å². The van der Waals surface area contributed by atoms with E-state index in [1.807, 2.05) is 6.26 Å². The highest BCUT2D eigenvalue weighted by molar-refractivity contribution is 8.14. The second kappa shape index (κ2) is 9.88. The van der Waals surface area contributed by atoms with Crippen LogP contribution in [0, 0.1) is 0 Å². The third kappa shape index (κ3) is 5.59. The molecule has 7 nitrogen and oxygen atoms in total. The fourth-order valence-corrected chi connectivity index (χ4v) is 3.52. The summed E-state index contributed by atoms with van der Waals surface area (Å²) in [5.74, 6) is 1.02. The maximum atomic E-state index is 9.90. The third-order valence-electron chi connectivity index (χ3n) is 3.20. The Hall–Kier alpha value is -0.0300. The summed E-state index contributed by atoms with van der Waals surface area (Å²) in [6, 6.07) is 0. The molecule has 1 aliphatic rings. The lowest BCUT2D eigenvalue weighted by molar-refractivity contribution is -0.205. The maximum Gasteiger partial charge on any atom is 0.138 e. The minimum Gasteiger partial charge on any atom is -0.410 e. The van der Waals surface area contributed by atoms with E-state index in [1.54, 1.807) is 11.8 Å². The van der Waals surface area contributed by atoms with Gasteiger partial charge in [-0.1, -0.05) is 16.9 Å². The summed E-state index contributed by atoms with van der Waals surface area (Å²) >= 11 is 2.73. The molecule has 0 spiro atoms. The molecule has 0 aromatic rings. The van der Waals surface area contributed by atoms with E-state index >= 15 is 0 Å². The van der Waals surface area contributed by atoms with Gasteiger partial charge in [-0.25, -0.2) is 0 Å². The van der Waals surface area contributed by atoms with Gasteiger partial charge >= 0.3 is 0 Å². The van der Waals surface area contributed by atoms with E-state index in [-0.39, 0.29) is 0 Å². The first kappa shape index (κ1) is 19.0.